The molecule has 0 aromatic heterocycles. The van der Waals surface area contributed by atoms with E-state index in [0.29, 0.717) is 43.3 Å². The van der Waals surface area contributed by atoms with Crippen molar-refractivity contribution in [3.8, 4) is 23.0 Å². The van der Waals surface area contributed by atoms with E-state index in [4.69, 9.17) is 9.47 Å². The van der Waals surface area contributed by atoms with Crippen molar-refractivity contribution >= 4 is 17.7 Å². The van der Waals surface area contributed by atoms with Gasteiger partial charge in [0.15, 0.2) is 17.5 Å². The normalized spacial score (nSPS) is 21.1. The molecule has 15 nitrogen and oxygen atoms in total. The minimum absolute atomic E-state index is 0.0258. The number of morpholine rings is 1. The minimum atomic E-state index is -3.93. The van der Waals surface area contributed by atoms with Gasteiger partial charge in [-0.3, -0.25) is 24.6 Å². The fourth-order valence-electron chi connectivity index (χ4n) is 5.01. The standard InChI is InChI=1S/C25H26FN3O12.C2H6/c26-14-7-11(8-28-3-5-40-6-4-28)1-2-12(14)10-41-19-13-9-29(22(34)15(13)16(30)17(31)18(19)32)20-21(33)27-23(35)25(38,39)24(20,36)37;1-2/h1-2,7,20,30-32,36-39H,3-6,8-10H2,(H,27,33,35);1-2H3. The zero-order valence-electron chi connectivity index (χ0n) is 23.2. The van der Waals surface area contributed by atoms with Crippen molar-refractivity contribution < 1.29 is 64.0 Å². The number of phenolic OH excluding ortho intramolecular Hbond substituents is 3. The van der Waals surface area contributed by atoms with Crippen molar-refractivity contribution in [1.29, 1.82) is 0 Å². The van der Waals surface area contributed by atoms with Crippen LogP contribution in [-0.2, 0) is 34.0 Å². The van der Waals surface area contributed by atoms with Gasteiger partial charge in [-0.05, 0) is 11.6 Å². The van der Waals surface area contributed by atoms with Crippen molar-refractivity contribution in [2.24, 2.45) is 0 Å². The third kappa shape index (κ3) is 5.44. The van der Waals surface area contributed by atoms with Crippen molar-refractivity contribution in [2.75, 3.05) is 26.3 Å². The number of aliphatic hydroxyl groups is 4. The average molecular weight is 610 g/mol. The van der Waals surface area contributed by atoms with Crippen LogP contribution in [0.15, 0.2) is 18.2 Å². The van der Waals surface area contributed by atoms with Crippen molar-refractivity contribution in [2.45, 2.75) is 51.2 Å². The average Bonchev–Trinajstić information content (AvgIpc) is 3.29. The summed E-state index contributed by atoms with van der Waals surface area (Å²) in [6.45, 7) is 5.69. The largest absolute Gasteiger partial charge is 0.504 e. The highest BCUT2D eigenvalue weighted by Gasteiger charge is 2.67. The molecule has 0 saturated carbocycles. The summed E-state index contributed by atoms with van der Waals surface area (Å²) in [6, 6.07) is 1.90. The molecule has 234 valence electrons. The van der Waals surface area contributed by atoms with Crippen LogP contribution in [0.25, 0.3) is 0 Å². The van der Waals surface area contributed by atoms with Gasteiger partial charge in [0.05, 0.1) is 25.3 Å². The minimum Gasteiger partial charge on any atom is -0.504 e. The molecule has 2 aromatic carbocycles. The van der Waals surface area contributed by atoms with Gasteiger partial charge >= 0.3 is 5.79 Å². The topological polar surface area (TPSA) is 230 Å². The van der Waals surface area contributed by atoms with E-state index in [9.17, 15) is 54.5 Å². The first-order valence-electron chi connectivity index (χ1n) is 13.3. The van der Waals surface area contributed by atoms with E-state index in [2.05, 4.69) is 4.90 Å². The van der Waals surface area contributed by atoms with Crippen LogP contribution in [0.1, 0.15) is 40.9 Å². The Balaban J connectivity index is 0.00000207. The molecular formula is C27H32FN3O12. The number of hydrogen-bond donors (Lipinski definition) is 8. The monoisotopic (exact) mass is 609 g/mol. The summed E-state index contributed by atoms with van der Waals surface area (Å²) < 4.78 is 25.8. The zero-order valence-corrected chi connectivity index (χ0v) is 23.2. The number of piperidine rings is 1. The fraction of sp³-hybridized carbons (Fsp3) is 0.444. The third-order valence-corrected chi connectivity index (χ3v) is 7.29. The van der Waals surface area contributed by atoms with Crippen LogP contribution in [0.4, 0.5) is 4.39 Å². The Labute approximate surface area is 243 Å². The van der Waals surface area contributed by atoms with E-state index in [-0.39, 0.29) is 11.1 Å². The van der Waals surface area contributed by atoms with Crippen molar-refractivity contribution in [1.82, 2.24) is 15.1 Å². The summed E-state index contributed by atoms with van der Waals surface area (Å²) in [5.41, 5.74) is -0.365. The number of rotatable bonds is 6. The van der Waals surface area contributed by atoms with E-state index in [1.807, 2.05) is 13.8 Å². The number of carbonyl (C=O) groups excluding carboxylic acids is 3. The lowest BCUT2D eigenvalue weighted by atomic mass is 9.90. The molecule has 43 heavy (non-hydrogen) atoms. The van der Waals surface area contributed by atoms with Gasteiger partial charge in [0.25, 0.3) is 23.5 Å². The van der Waals surface area contributed by atoms with Gasteiger partial charge in [0.1, 0.15) is 12.4 Å². The molecule has 8 N–H and O–H groups in total. The number of halogens is 1. The highest BCUT2D eigenvalue weighted by molar-refractivity contribution is 6.10. The molecule has 5 rings (SSSR count). The van der Waals surface area contributed by atoms with E-state index >= 15 is 0 Å². The Morgan fingerprint density at radius 3 is 2.30 bits per heavy atom. The lowest BCUT2D eigenvalue weighted by molar-refractivity contribution is -0.355. The Morgan fingerprint density at radius 1 is 1.02 bits per heavy atom. The maximum absolute atomic E-state index is 14.9. The molecule has 0 bridgehead atoms. The molecular weight excluding hydrogens is 577 g/mol. The molecule has 1 atom stereocenters. The predicted molar refractivity (Wildman–Crippen MR) is 141 cm³/mol. The summed E-state index contributed by atoms with van der Waals surface area (Å²) in [5.74, 6) is -17.2. The fourth-order valence-corrected chi connectivity index (χ4v) is 5.01. The molecule has 3 amide bonds. The second-order valence-corrected chi connectivity index (χ2v) is 9.88. The van der Waals surface area contributed by atoms with Gasteiger partial charge in [0.2, 0.25) is 11.5 Å². The summed E-state index contributed by atoms with van der Waals surface area (Å²) in [5, 5.41) is 73.2. The first-order chi connectivity index (χ1) is 20.3. The van der Waals surface area contributed by atoms with Gasteiger partial charge in [-0.15, -0.1) is 0 Å². The molecule has 3 aliphatic rings. The summed E-state index contributed by atoms with van der Waals surface area (Å²) >= 11 is 0. The first-order valence-corrected chi connectivity index (χ1v) is 13.3. The molecule has 2 aromatic rings. The van der Waals surface area contributed by atoms with E-state index in [1.54, 1.807) is 6.07 Å². The second-order valence-electron chi connectivity index (χ2n) is 9.88. The first kappa shape index (κ1) is 31.9. The number of hydrogen-bond acceptors (Lipinski definition) is 13. The molecule has 1 unspecified atom stereocenters. The second kappa shape index (κ2) is 11.9. The number of fused-ring (bicyclic) bond motifs is 1. The Kier molecular flexibility index (Phi) is 8.82. The quantitative estimate of drug-likeness (QED) is 0.109. The van der Waals surface area contributed by atoms with E-state index in [1.165, 1.54) is 17.4 Å². The number of aromatic hydroxyl groups is 3. The van der Waals surface area contributed by atoms with Gasteiger partial charge in [-0.2, -0.15) is 0 Å². The molecule has 16 heteroatoms. The van der Waals surface area contributed by atoms with Gasteiger partial charge in [-0.1, -0.05) is 26.0 Å². The van der Waals surface area contributed by atoms with Crippen molar-refractivity contribution in [3.63, 3.8) is 0 Å². The molecule has 0 aliphatic carbocycles. The Morgan fingerprint density at radius 2 is 1.67 bits per heavy atom. The van der Waals surface area contributed by atoms with E-state index in [0.717, 1.165) is 0 Å². The predicted octanol–water partition coefficient (Wildman–Crippen LogP) is -1.28. The van der Waals surface area contributed by atoms with Crippen molar-refractivity contribution in [3.05, 3.63) is 46.3 Å². The number of benzene rings is 2. The molecule has 0 radical (unpaired) electrons. The molecule has 3 aliphatic heterocycles. The Bertz CT molecular complexity index is 1440. The van der Waals surface area contributed by atoms with Gasteiger partial charge < -0.3 is 50.1 Å². The van der Waals surface area contributed by atoms with Crippen LogP contribution >= 0.6 is 0 Å². The number of phenols is 3. The SMILES string of the molecule is CC.O=C1NC(=O)C(O)(O)C(O)(O)C1N1Cc2c(OCc3ccc(CN4CCOCC4)cc3F)c(O)c(O)c(O)c2C1=O. The van der Waals surface area contributed by atoms with Crippen LogP contribution < -0.4 is 10.1 Å². The smallest absolute Gasteiger partial charge is 0.303 e. The van der Waals surface area contributed by atoms with Crippen LogP contribution in [0.2, 0.25) is 0 Å². The molecule has 2 saturated heterocycles. The number of ether oxygens (including phenoxy) is 2. The summed E-state index contributed by atoms with van der Waals surface area (Å²) in [4.78, 5) is 39.9. The third-order valence-electron chi connectivity index (χ3n) is 7.29. The molecule has 2 fully saturated rings. The Hall–Kier alpha value is -4.06. The number of imide groups is 1. The highest BCUT2D eigenvalue weighted by atomic mass is 19.1. The summed E-state index contributed by atoms with van der Waals surface area (Å²) in [7, 11) is 0. The van der Waals surface area contributed by atoms with Crippen LogP contribution in [-0.4, -0.2) is 107 Å². The zero-order chi connectivity index (χ0) is 31.9. The van der Waals surface area contributed by atoms with Gasteiger partial charge in [-0.25, -0.2) is 4.39 Å². The van der Waals surface area contributed by atoms with Crippen LogP contribution in [0.5, 0.6) is 23.0 Å². The lowest BCUT2D eigenvalue weighted by Crippen LogP contribution is -2.79. The van der Waals surface area contributed by atoms with Crippen LogP contribution in [0, 0.1) is 5.82 Å². The number of carbonyl (C=O) groups is 3. The molecule has 0 spiro atoms. The number of amides is 3. The number of nitrogens with zero attached hydrogens (tertiary/aromatic N) is 2. The highest BCUT2D eigenvalue weighted by Crippen LogP contribution is 2.51. The maximum Gasteiger partial charge on any atom is 0.303 e. The lowest BCUT2D eigenvalue weighted by Gasteiger charge is -2.44. The maximum atomic E-state index is 14.9. The van der Waals surface area contributed by atoms with Gasteiger partial charge in [0, 0.05) is 30.8 Å². The van der Waals surface area contributed by atoms with E-state index < -0.39 is 82.9 Å². The molecule has 3 heterocycles. The summed E-state index contributed by atoms with van der Waals surface area (Å²) in [6.07, 6.45) is 0. The number of nitrogens with one attached hydrogen (secondary N) is 1. The van der Waals surface area contributed by atoms with Crippen LogP contribution in [0.3, 0.4) is 0 Å².